The third-order valence-corrected chi connectivity index (χ3v) is 6.26. The average molecular weight is 474 g/mol. The zero-order valence-electron chi connectivity index (χ0n) is 19.8. The number of benzene rings is 3. The van der Waals surface area contributed by atoms with Gasteiger partial charge >= 0.3 is 5.97 Å². The minimum absolute atomic E-state index is 0.290. The standard InChI is InChI=1S/C30H23N3O3/c1-30(2)25-18-23(33(21-9-5-3-6-10-21)22-11-7-4-8-12-22)13-15-26(25)32-28(30)27-16-14-24(36-27)17-20(19-31)29(34)35/h3-18H,1-2H3,(H,34,35)/b20-17-. The van der Waals surface area contributed by atoms with Crippen LogP contribution in [0.15, 0.2) is 106 Å². The van der Waals surface area contributed by atoms with E-state index in [2.05, 4.69) is 55.1 Å². The summed E-state index contributed by atoms with van der Waals surface area (Å²) in [5.41, 5.74) is 4.92. The summed E-state index contributed by atoms with van der Waals surface area (Å²) in [6.07, 6.45) is 1.22. The van der Waals surface area contributed by atoms with E-state index in [0.29, 0.717) is 11.5 Å². The topological polar surface area (TPSA) is 89.8 Å². The zero-order valence-corrected chi connectivity index (χ0v) is 19.8. The first-order valence-electron chi connectivity index (χ1n) is 11.5. The number of carbonyl (C=O) groups is 1. The van der Waals surface area contributed by atoms with Gasteiger partial charge in [0.15, 0.2) is 0 Å². The second-order valence-corrected chi connectivity index (χ2v) is 8.97. The Morgan fingerprint density at radius 1 is 0.944 bits per heavy atom. The maximum atomic E-state index is 11.2. The van der Waals surface area contributed by atoms with Crippen molar-refractivity contribution in [2.24, 2.45) is 4.99 Å². The molecule has 0 spiro atoms. The minimum Gasteiger partial charge on any atom is -0.477 e. The van der Waals surface area contributed by atoms with Crippen molar-refractivity contribution >= 4 is 40.5 Å². The smallest absolute Gasteiger partial charge is 0.346 e. The van der Waals surface area contributed by atoms with E-state index >= 15 is 0 Å². The van der Waals surface area contributed by atoms with Crippen molar-refractivity contribution in [2.75, 3.05) is 4.90 Å². The Labute approximate surface area is 209 Å². The number of carboxylic acid groups (broad SMARTS) is 1. The monoisotopic (exact) mass is 473 g/mol. The van der Waals surface area contributed by atoms with Gasteiger partial charge < -0.3 is 14.4 Å². The van der Waals surface area contributed by atoms with Crippen molar-refractivity contribution in [3.05, 3.63) is 114 Å². The van der Waals surface area contributed by atoms with Crippen LogP contribution in [-0.4, -0.2) is 16.8 Å². The van der Waals surface area contributed by atoms with Gasteiger partial charge in [-0.05, 0) is 74.0 Å². The average Bonchev–Trinajstić information content (AvgIpc) is 3.45. The van der Waals surface area contributed by atoms with E-state index in [1.54, 1.807) is 18.2 Å². The van der Waals surface area contributed by atoms with E-state index in [4.69, 9.17) is 19.8 Å². The highest BCUT2D eigenvalue weighted by molar-refractivity contribution is 6.11. The molecule has 6 heteroatoms. The fourth-order valence-corrected chi connectivity index (χ4v) is 4.46. The molecule has 0 aliphatic carbocycles. The van der Waals surface area contributed by atoms with Gasteiger partial charge in [-0.15, -0.1) is 0 Å². The molecule has 0 atom stereocenters. The Bertz CT molecular complexity index is 1500. The van der Waals surface area contributed by atoms with E-state index in [1.165, 1.54) is 6.08 Å². The van der Waals surface area contributed by atoms with Crippen LogP contribution in [0.4, 0.5) is 22.7 Å². The fourth-order valence-electron chi connectivity index (χ4n) is 4.46. The number of carboxylic acids is 1. The van der Waals surface area contributed by atoms with Gasteiger partial charge in [-0.1, -0.05) is 36.4 Å². The molecule has 6 nitrogen and oxygen atoms in total. The number of aliphatic imine (C=N–C) groups is 1. The number of hydrogen-bond donors (Lipinski definition) is 1. The third kappa shape index (κ3) is 4.08. The summed E-state index contributed by atoms with van der Waals surface area (Å²) in [6.45, 7) is 4.18. The van der Waals surface area contributed by atoms with Crippen LogP contribution in [-0.2, 0) is 10.2 Å². The molecular formula is C30H23N3O3. The van der Waals surface area contributed by atoms with Gasteiger partial charge in [-0.3, -0.25) is 0 Å². The van der Waals surface area contributed by atoms with Gasteiger partial charge in [0, 0.05) is 28.6 Å². The van der Waals surface area contributed by atoms with Crippen LogP contribution in [0, 0.1) is 11.3 Å². The van der Waals surface area contributed by atoms with Crippen LogP contribution in [0.25, 0.3) is 6.08 Å². The highest BCUT2D eigenvalue weighted by Crippen LogP contribution is 2.45. The first kappa shape index (κ1) is 22.9. The molecule has 1 aliphatic heterocycles. The molecule has 0 saturated carbocycles. The summed E-state index contributed by atoms with van der Waals surface area (Å²) in [4.78, 5) is 18.3. The summed E-state index contributed by atoms with van der Waals surface area (Å²) >= 11 is 0. The predicted molar refractivity (Wildman–Crippen MR) is 140 cm³/mol. The van der Waals surface area contributed by atoms with Crippen molar-refractivity contribution in [3.8, 4) is 6.07 Å². The largest absolute Gasteiger partial charge is 0.477 e. The summed E-state index contributed by atoms with van der Waals surface area (Å²) in [7, 11) is 0. The molecule has 1 aliphatic rings. The molecule has 2 heterocycles. The summed E-state index contributed by atoms with van der Waals surface area (Å²) < 4.78 is 5.90. The molecule has 1 aromatic heterocycles. The van der Waals surface area contributed by atoms with Crippen molar-refractivity contribution in [2.45, 2.75) is 19.3 Å². The van der Waals surface area contributed by atoms with Crippen LogP contribution < -0.4 is 4.90 Å². The van der Waals surface area contributed by atoms with E-state index in [-0.39, 0.29) is 0 Å². The minimum atomic E-state index is -1.30. The molecule has 0 fully saturated rings. The molecule has 0 radical (unpaired) electrons. The lowest BCUT2D eigenvalue weighted by Crippen LogP contribution is -2.26. The molecule has 0 bridgehead atoms. The van der Waals surface area contributed by atoms with Crippen LogP contribution in [0.5, 0.6) is 0 Å². The molecule has 36 heavy (non-hydrogen) atoms. The second kappa shape index (κ2) is 9.05. The van der Waals surface area contributed by atoms with Crippen molar-refractivity contribution in [1.82, 2.24) is 0 Å². The first-order chi connectivity index (χ1) is 17.4. The Morgan fingerprint density at radius 2 is 1.58 bits per heavy atom. The van der Waals surface area contributed by atoms with Crippen LogP contribution >= 0.6 is 0 Å². The summed E-state index contributed by atoms with van der Waals surface area (Å²) in [6, 6.07) is 31.7. The van der Waals surface area contributed by atoms with Gasteiger partial charge in [0.2, 0.25) is 0 Å². The van der Waals surface area contributed by atoms with Gasteiger partial charge in [0.25, 0.3) is 0 Å². The second-order valence-electron chi connectivity index (χ2n) is 8.97. The predicted octanol–water partition coefficient (Wildman–Crippen LogP) is 7.15. The van der Waals surface area contributed by atoms with E-state index < -0.39 is 17.0 Å². The number of nitriles is 1. The molecular weight excluding hydrogens is 450 g/mol. The molecule has 4 aromatic rings. The number of anilines is 3. The Balaban J connectivity index is 1.53. The van der Waals surface area contributed by atoms with Gasteiger partial charge in [-0.25, -0.2) is 9.79 Å². The van der Waals surface area contributed by atoms with Gasteiger partial charge in [0.1, 0.15) is 23.2 Å². The molecule has 0 saturated heterocycles. The Morgan fingerprint density at radius 3 is 2.17 bits per heavy atom. The van der Waals surface area contributed by atoms with Crippen LogP contribution in [0.2, 0.25) is 0 Å². The number of nitrogens with zero attached hydrogens (tertiary/aromatic N) is 3. The van der Waals surface area contributed by atoms with Gasteiger partial charge in [-0.2, -0.15) is 5.26 Å². The number of rotatable bonds is 6. The van der Waals surface area contributed by atoms with Crippen molar-refractivity contribution in [3.63, 3.8) is 0 Å². The van der Waals surface area contributed by atoms with E-state index in [0.717, 1.165) is 34.0 Å². The summed E-state index contributed by atoms with van der Waals surface area (Å²) in [5.74, 6) is -0.469. The zero-order chi connectivity index (χ0) is 25.3. The highest BCUT2D eigenvalue weighted by atomic mass is 16.4. The normalized spacial score (nSPS) is 14.0. The van der Waals surface area contributed by atoms with Crippen LogP contribution in [0.1, 0.15) is 30.9 Å². The number of fused-ring (bicyclic) bond motifs is 1. The quantitative estimate of drug-likeness (QED) is 0.237. The third-order valence-electron chi connectivity index (χ3n) is 6.26. The SMILES string of the molecule is CC1(C)C(c2ccc(/C=C(/C#N)C(=O)O)o2)=Nc2ccc(N(c3ccccc3)c3ccccc3)cc21. The van der Waals surface area contributed by atoms with Crippen LogP contribution in [0.3, 0.4) is 0 Å². The Hall–Kier alpha value is -4.89. The fraction of sp³-hybridized carbons (Fsp3) is 0.100. The maximum Gasteiger partial charge on any atom is 0.346 e. The van der Waals surface area contributed by atoms with Gasteiger partial charge in [0.05, 0.1) is 11.4 Å². The molecule has 1 N–H and O–H groups in total. The summed E-state index contributed by atoms with van der Waals surface area (Å²) in [5, 5.41) is 18.2. The van der Waals surface area contributed by atoms with Crippen molar-refractivity contribution < 1.29 is 14.3 Å². The maximum absolute atomic E-state index is 11.2. The molecule has 3 aromatic carbocycles. The first-order valence-corrected chi connectivity index (χ1v) is 11.5. The highest BCUT2D eigenvalue weighted by Gasteiger charge is 2.38. The molecule has 176 valence electrons. The number of hydrogen-bond acceptors (Lipinski definition) is 5. The molecule has 0 amide bonds. The lowest BCUT2D eigenvalue weighted by atomic mass is 9.80. The van der Waals surface area contributed by atoms with E-state index in [9.17, 15) is 4.79 Å². The van der Waals surface area contributed by atoms with Crippen molar-refractivity contribution in [1.29, 1.82) is 5.26 Å². The molecule has 0 unspecified atom stereocenters. The molecule has 5 rings (SSSR count). The number of furan rings is 1. The number of para-hydroxylation sites is 2. The number of aliphatic carboxylic acids is 1. The Kier molecular flexibility index (Phi) is 5.75. The van der Waals surface area contributed by atoms with E-state index in [1.807, 2.05) is 42.5 Å². The lowest BCUT2D eigenvalue weighted by molar-refractivity contribution is -0.132. The lowest BCUT2D eigenvalue weighted by Gasteiger charge is -2.27.